The van der Waals surface area contributed by atoms with Gasteiger partial charge in [0.1, 0.15) is 0 Å². The van der Waals surface area contributed by atoms with Crippen LogP contribution in [-0.4, -0.2) is 96.8 Å². The predicted octanol–water partition coefficient (Wildman–Crippen LogP) is 0.495. The van der Waals surface area contributed by atoms with Crippen molar-refractivity contribution in [3.63, 3.8) is 0 Å². The molecule has 7 heteroatoms. The Morgan fingerprint density at radius 3 is 2.50 bits per heavy atom. The Labute approximate surface area is 144 Å². The number of carboxylic acids is 1. The van der Waals surface area contributed by atoms with Crippen LogP contribution in [0, 0.1) is 0 Å². The van der Waals surface area contributed by atoms with Crippen molar-refractivity contribution >= 4 is 11.9 Å². The summed E-state index contributed by atoms with van der Waals surface area (Å²) < 4.78 is 5.71. The monoisotopic (exact) mass is 341 g/mol. The van der Waals surface area contributed by atoms with Gasteiger partial charge in [-0.2, -0.15) is 0 Å². The second-order valence-corrected chi connectivity index (χ2v) is 6.99. The molecule has 2 atom stereocenters. The van der Waals surface area contributed by atoms with Gasteiger partial charge in [-0.1, -0.05) is 12.8 Å². The van der Waals surface area contributed by atoms with Crippen molar-refractivity contribution in [2.75, 3.05) is 52.9 Å². The van der Waals surface area contributed by atoms with Crippen LogP contribution in [0.5, 0.6) is 0 Å². The molecule has 0 aromatic rings. The lowest BCUT2D eigenvalue weighted by Crippen LogP contribution is -2.54. The fraction of sp³-hybridized carbons (Fsp3) is 0.882. The number of carbonyl (C=O) groups excluding carboxylic acids is 1. The van der Waals surface area contributed by atoms with Crippen LogP contribution < -0.4 is 0 Å². The van der Waals surface area contributed by atoms with E-state index < -0.39 is 5.97 Å². The first-order chi connectivity index (χ1) is 11.5. The lowest BCUT2D eigenvalue weighted by Gasteiger charge is -2.38. The van der Waals surface area contributed by atoms with E-state index in [-0.39, 0.29) is 24.6 Å². The van der Waals surface area contributed by atoms with Crippen LogP contribution in [-0.2, 0) is 14.3 Å². The number of carboxylic acid groups (broad SMARTS) is 1. The van der Waals surface area contributed by atoms with Crippen LogP contribution in [0.2, 0.25) is 0 Å². The Bertz CT molecular complexity index is 424. The largest absolute Gasteiger partial charge is 0.480 e. The summed E-state index contributed by atoms with van der Waals surface area (Å²) in [6.45, 7) is 6.20. The van der Waals surface area contributed by atoms with Crippen molar-refractivity contribution in [1.29, 1.82) is 0 Å². The minimum Gasteiger partial charge on any atom is -0.480 e. The molecule has 1 N–H and O–H groups in total. The molecule has 2 saturated heterocycles. The van der Waals surface area contributed by atoms with Gasteiger partial charge in [0.2, 0.25) is 5.91 Å². The van der Waals surface area contributed by atoms with Gasteiger partial charge in [-0.25, -0.2) is 0 Å². The molecule has 138 valence electrons. The number of hydrogen-bond donors (Lipinski definition) is 1. The molecule has 2 aliphatic rings. The van der Waals surface area contributed by atoms with Gasteiger partial charge < -0.3 is 14.7 Å². The standard InChI is InChI=1S/C17H31N3O4/c1-14(19-7-5-3-4-6-8-19)17(23)20-9-10-24-15(12-20)11-18(2)13-16(21)22/h14-15H,3-13H2,1-2H3,(H,21,22). The number of nitrogens with zero attached hydrogens (tertiary/aromatic N) is 3. The van der Waals surface area contributed by atoms with Crippen molar-refractivity contribution < 1.29 is 19.4 Å². The molecule has 2 heterocycles. The maximum atomic E-state index is 12.8. The van der Waals surface area contributed by atoms with E-state index in [9.17, 15) is 9.59 Å². The number of aliphatic carboxylic acids is 1. The van der Waals surface area contributed by atoms with Crippen molar-refractivity contribution in [3.05, 3.63) is 0 Å². The van der Waals surface area contributed by atoms with Crippen LogP contribution in [0.3, 0.4) is 0 Å². The van der Waals surface area contributed by atoms with E-state index in [0.717, 1.165) is 13.1 Å². The molecule has 2 aliphatic heterocycles. The van der Waals surface area contributed by atoms with Crippen molar-refractivity contribution in [3.8, 4) is 0 Å². The molecular formula is C17H31N3O4. The molecule has 2 fully saturated rings. The van der Waals surface area contributed by atoms with E-state index in [2.05, 4.69) is 4.90 Å². The molecule has 0 aromatic carbocycles. The Kier molecular flexibility index (Phi) is 7.45. The van der Waals surface area contributed by atoms with Crippen LogP contribution in [0.25, 0.3) is 0 Å². The molecule has 24 heavy (non-hydrogen) atoms. The maximum Gasteiger partial charge on any atom is 0.317 e. The fourth-order valence-electron chi connectivity index (χ4n) is 3.58. The number of rotatable bonds is 6. The maximum absolute atomic E-state index is 12.8. The average Bonchev–Trinajstić information content (AvgIpc) is 2.82. The minimum atomic E-state index is -0.851. The highest BCUT2D eigenvalue weighted by Gasteiger charge is 2.30. The first kappa shape index (κ1) is 19.1. The molecule has 0 aromatic heterocycles. The molecule has 2 rings (SSSR count). The first-order valence-electron chi connectivity index (χ1n) is 9.02. The van der Waals surface area contributed by atoms with Crippen molar-refractivity contribution in [2.24, 2.45) is 0 Å². The Balaban J connectivity index is 1.85. The van der Waals surface area contributed by atoms with E-state index in [4.69, 9.17) is 9.84 Å². The second kappa shape index (κ2) is 9.34. The highest BCUT2D eigenvalue weighted by Crippen LogP contribution is 2.15. The van der Waals surface area contributed by atoms with Gasteiger partial charge in [-0.05, 0) is 39.9 Å². The summed E-state index contributed by atoms with van der Waals surface area (Å²) in [5.41, 5.74) is 0. The lowest BCUT2D eigenvalue weighted by molar-refractivity contribution is -0.146. The smallest absolute Gasteiger partial charge is 0.317 e. The van der Waals surface area contributed by atoms with Crippen molar-refractivity contribution in [1.82, 2.24) is 14.7 Å². The van der Waals surface area contributed by atoms with Gasteiger partial charge >= 0.3 is 5.97 Å². The second-order valence-electron chi connectivity index (χ2n) is 6.99. The third-order valence-electron chi connectivity index (χ3n) is 4.92. The highest BCUT2D eigenvalue weighted by atomic mass is 16.5. The van der Waals surface area contributed by atoms with Crippen LogP contribution >= 0.6 is 0 Å². The summed E-state index contributed by atoms with van der Waals surface area (Å²) in [5, 5.41) is 8.84. The van der Waals surface area contributed by atoms with Gasteiger partial charge in [-0.3, -0.25) is 19.4 Å². The zero-order valence-electron chi connectivity index (χ0n) is 14.9. The number of amides is 1. The SMILES string of the molecule is CC(C(=O)N1CCOC(CN(C)CC(=O)O)C1)N1CCCCCC1. The normalized spacial score (nSPS) is 24.6. The quantitative estimate of drug-likeness (QED) is 0.758. The Hall–Kier alpha value is -1.18. The third-order valence-corrected chi connectivity index (χ3v) is 4.92. The number of ether oxygens (including phenoxy) is 1. The minimum absolute atomic E-state index is 0.0159. The van der Waals surface area contributed by atoms with E-state index in [0.29, 0.717) is 26.2 Å². The summed E-state index contributed by atoms with van der Waals surface area (Å²) in [7, 11) is 1.76. The van der Waals surface area contributed by atoms with E-state index >= 15 is 0 Å². The average molecular weight is 341 g/mol. The third kappa shape index (κ3) is 5.72. The molecule has 2 unspecified atom stereocenters. The molecule has 0 saturated carbocycles. The fourth-order valence-corrected chi connectivity index (χ4v) is 3.58. The lowest BCUT2D eigenvalue weighted by atomic mass is 10.2. The number of carbonyl (C=O) groups is 2. The van der Waals surface area contributed by atoms with E-state index in [1.165, 1.54) is 25.7 Å². The number of hydrogen-bond acceptors (Lipinski definition) is 5. The number of likely N-dealkylation sites (tertiary alicyclic amines) is 1. The van der Waals surface area contributed by atoms with Gasteiger partial charge in [0.25, 0.3) is 0 Å². The topological polar surface area (TPSA) is 73.3 Å². The summed E-state index contributed by atoms with van der Waals surface area (Å²) in [6, 6.07) is -0.0846. The molecule has 0 aliphatic carbocycles. The van der Waals surface area contributed by atoms with Crippen LogP contribution in [0.1, 0.15) is 32.6 Å². The molecule has 7 nitrogen and oxygen atoms in total. The van der Waals surface area contributed by atoms with E-state index in [1.54, 1.807) is 11.9 Å². The molecule has 1 amide bonds. The van der Waals surface area contributed by atoms with Crippen molar-refractivity contribution in [2.45, 2.75) is 44.8 Å². The van der Waals surface area contributed by atoms with Gasteiger partial charge in [-0.15, -0.1) is 0 Å². The number of likely N-dealkylation sites (N-methyl/N-ethyl adjacent to an activating group) is 1. The van der Waals surface area contributed by atoms with Crippen LogP contribution in [0.15, 0.2) is 0 Å². The molecule has 0 radical (unpaired) electrons. The van der Waals surface area contributed by atoms with Gasteiger partial charge in [0.15, 0.2) is 0 Å². The zero-order valence-corrected chi connectivity index (χ0v) is 14.9. The van der Waals surface area contributed by atoms with Crippen LogP contribution in [0.4, 0.5) is 0 Å². The zero-order chi connectivity index (χ0) is 17.5. The molecular weight excluding hydrogens is 310 g/mol. The summed E-state index contributed by atoms with van der Waals surface area (Å²) in [4.78, 5) is 29.5. The highest BCUT2D eigenvalue weighted by molar-refractivity contribution is 5.81. The molecule has 0 spiro atoms. The summed E-state index contributed by atoms with van der Waals surface area (Å²) in [6.07, 6.45) is 4.73. The van der Waals surface area contributed by atoms with E-state index in [1.807, 2.05) is 11.8 Å². The Morgan fingerprint density at radius 1 is 1.21 bits per heavy atom. The van der Waals surface area contributed by atoms with Gasteiger partial charge in [0.05, 0.1) is 25.3 Å². The summed E-state index contributed by atoms with van der Waals surface area (Å²) >= 11 is 0. The molecule has 0 bridgehead atoms. The predicted molar refractivity (Wildman–Crippen MR) is 91.0 cm³/mol. The van der Waals surface area contributed by atoms with Gasteiger partial charge in [0, 0.05) is 19.6 Å². The first-order valence-corrected chi connectivity index (χ1v) is 9.02. The summed E-state index contributed by atoms with van der Waals surface area (Å²) in [5.74, 6) is -0.679. The Morgan fingerprint density at radius 2 is 1.88 bits per heavy atom. The number of morpholine rings is 1.